The minimum atomic E-state index is -0.486. The molecule has 3 nitrogen and oxygen atoms in total. The molecule has 0 aliphatic heterocycles. The Morgan fingerprint density at radius 2 is 1.70 bits per heavy atom. The molecule has 0 aliphatic rings. The second-order valence-electron chi connectivity index (χ2n) is 6.06. The van der Waals surface area contributed by atoms with E-state index in [2.05, 4.69) is 12.1 Å². The highest BCUT2D eigenvalue weighted by atomic mass is 16.6. The smallest absolute Gasteiger partial charge is 0.306 e. The van der Waals surface area contributed by atoms with Gasteiger partial charge < -0.3 is 9.47 Å². The van der Waals surface area contributed by atoms with Crippen LogP contribution < -0.4 is 0 Å². The van der Waals surface area contributed by atoms with Gasteiger partial charge in [0.25, 0.3) is 0 Å². The lowest BCUT2D eigenvalue weighted by Crippen LogP contribution is -2.31. The molecule has 0 fully saturated rings. The largest absolute Gasteiger partial charge is 0.460 e. The lowest BCUT2D eigenvalue weighted by Gasteiger charge is -2.29. The second-order valence-corrected chi connectivity index (χ2v) is 6.06. The molecule has 0 N–H and O–H groups in total. The Bertz CT molecular complexity index is 421. The Kier molecular flexibility index (Phi) is 5.75. The van der Waals surface area contributed by atoms with Crippen LogP contribution in [0.15, 0.2) is 30.3 Å². The molecule has 1 aromatic rings. The molecule has 1 aromatic carbocycles. The van der Waals surface area contributed by atoms with Crippen molar-refractivity contribution in [3.63, 3.8) is 0 Å². The fraction of sp³-hybridized carbons (Fsp3) is 0.588. The highest BCUT2D eigenvalue weighted by molar-refractivity contribution is 5.69. The van der Waals surface area contributed by atoms with Gasteiger partial charge in [-0.15, -0.1) is 0 Å². The highest BCUT2D eigenvalue weighted by Gasteiger charge is 2.25. The highest BCUT2D eigenvalue weighted by Crippen LogP contribution is 2.26. The van der Waals surface area contributed by atoms with E-state index in [0.717, 1.165) is 5.56 Å². The van der Waals surface area contributed by atoms with Crippen LogP contribution in [0.1, 0.15) is 53.0 Å². The molecule has 0 aliphatic carbocycles. The van der Waals surface area contributed by atoms with Gasteiger partial charge in [-0.3, -0.25) is 4.79 Å². The zero-order valence-electron chi connectivity index (χ0n) is 13.2. The van der Waals surface area contributed by atoms with Crippen LogP contribution in [0.2, 0.25) is 0 Å². The average molecular weight is 278 g/mol. The number of rotatable bonds is 7. The normalized spacial score (nSPS) is 12.2. The van der Waals surface area contributed by atoms with E-state index >= 15 is 0 Å². The molecule has 0 unspecified atom stereocenters. The van der Waals surface area contributed by atoms with Gasteiger partial charge in [0.05, 0.1) is 12.2 Å². The molecular formula is C17H26O3. The van der Waals surface area contributed by atoms with Crippen molar-refractivity contribution in [2.24, 2.45) is 0 Å². The van der Waals surface area contributed by atoms with Gasteiger partial charge in [0, 0.05) is 12.8 Å². The standard InChI is InChI=1S/C17H26O3/c1-6-15(18)20-16(2,3)12-13-19-17(4,5)14-10-8-7-9-11-14/h7-11H,6,12-13H2,1-5H3. The van der Waals surface area contributed by atoms with E-state index in [1.165, 1.54) is 0 Å². The summed E-state index contributed by atoms with van der Waals surface area (Å²) in [5.74, 6) is -0.169. The first-order valence-electron chi connectivity index (χ1n) is 7.18. The van der Waals surface area contributed by atoms with Crippen molar-refractivity contribution in [2.75, 3.05) is 6.61 Å². The molecule has 0 heterocycles. The van der Waals surface area contributed by atoms with Crippen molar-refractivity contribution >= 4 is 5.97 Å². The van der Waals surface area contributed by atoms with Crippen molar-refractivity contribution in [3.8, 4) is 0 Å². The van der Waals surface area contributed by atoms with Gasteiger partial charge in [-0.1, -0.05) is 37.3 Å². The van der Waals surface area contributed by atoms with E-state index in [4.69, 9.17) is 9.47 Å². The van der Waals surface area contributed by atoms with Crippen molar-refractivity contribution in [3.05, 3.63) is 35.9 Å². The third kappa shape index (κ3) is 5.33. The molecule has 0 radical (unpaired) electrons. The summed E-state index contributed by atoms with van der Waals surface area (Å²) in [7, 11) is 0. The molecule has 0 amide bonds. The van der Waals surface area contributed by atoms with Crippen molar-refractivity contribution in [2.45, 2.75) is 58.7 Å². The molecule has 0 spiro atoms. The zero-order valence-corrected chi connectivity index (χ0v) is 13.2. The fourth-order valence-electron chi connectivity index (χ4n) is 1.91. The summed E-state index contributed by atoms with van der Waals surface area (Å²) < 4.78 is 11.4. The Morgan fingerprint density at radius 1 is 1.10 bits per heavy atom. The zero-order chi connectivity index (χ0) is 15.2. The quantitative estimate of drug-likeness (QED) is 0.706. The van der Waals surface area contributed by atoms with E-state index in [1.54, 1.807) is 6.92 Å². The summed E-state index contributed by atoms with van der Waals surface area (Å²) in [6, 6.07) is 10.1. The lowest BCUT2D eigenvalue weighted by atomic mass is 9.98. The number of benzene rings is 1. The maximum Gasteiger partial charge on any atom is 0.306 e. The van der Waals surface area contributed by atoms with E-state index in [1.807, 2.05) is 45.9 Å². The van der Waals surface area contributed by atoms with Gasteiger partial charge in [0.15, 0.2) is 0 Å². The Morgan fingerprint density at radius 3 is 2.25 bits per heavy atom. The maximum atomic E-state index is 11.3. The van der Waals surface area contributed by atoms with Crippen molar-refractivity contribution < 1.29 is 14.3 Å². The third-order valence-electron chi connectivity index (χ3n) is 3.31. The molecule has 0 aromatic heterocycles. The van der Waals surface area contributed by atoms with Crippen molar-refractivity contribution in [1.82, 2.24) is 0 Å². The van der Waals surface area contributed by atoms with Gasteiger partial charge in [0.1, 0.15) is 5.60 Å². The van der Waals surface area contributed by atoms with Crippen LogP contribution in [0.3, 0.4) is 0 Å². The Labute approximate surface area is 122 Å². The first-order valence-corrected chi connectivity index (χ1v) is 7.18. The summed E-state index contributed by atoms with van der Waals surface area (Å²) in [5.41, 5.74) is 0.315. The van der Waals surface area contributed by atoms with Gasteiger partial charge in [0.2, 0.25) is 0 Å². The predicted octanol–water partition coefficient (Wildman–Crippen LogP) is 4.06. The van der Waals surface area contributed by atoms with Crippen LogP contribution in [0.5, 0.6) is 0 Å². The third-order valence-corrected chi connectivity index (χ3v) is 3.31. The average Bonchev–Trinajstić information content (AvgIpc) is 2.38. The van der Waals surface area contributed by atoms with Gasteiger partial charge >= 0.3 is 5.97 Å². The van der Waals surface area contributed by atoms with Crippen molar-refractivity contribution in [1.29, 1.82) is 0 Å². The molecule has 0 saturated carbocycles. The lowest BCUT2D eigenvalue weighted by molar-refractivity contribution is -0.158. The van der Waals surface area contributed by atoms with E-state index in [0.29, 0.717) is 19.4 Å². The van der Waals surface area contributed by atoms with Gasteiger partial charge in [-0.25, -0.2) is 0 Å². The summed E-state index contributed by atoms with van der Waals surface area (Å²) >= 11 is 0. The van der Waals surface area contributed by atoms with Crippen LogP contribution in [-0.4, -0.2) is 18.2 Å². The molecule has 0 atom stereocenters. The monoisotopic (exact) mass is 278 g/mol. The van der Waals surface area contributed by atoms with Crippen LogP contribution in [0.4, 0.5) is 0 Å². The van der Waals surface area contributed by atoms with E-state index in [-0.39, 0.29) is 11.6 Å². The molecule has 20 heavy (non-hydrogen) atoms. The number of ether oxygens (including phenoxy) is 2. The van der Waals surface area contributed by atoms with E-state index < -0.39 is 5.60 Å². The number of carbonyl (C=O) groups excluding carboxylic acids is 1. The summed E-state index contributed by atoms with van der Waals surface area (Å²) in [5, 5.41) is 0. The first kappa shape index (κ1) is 16.7. The Hall–Kier alpha value is -1.35. The van der Waals surface area contributed by atoms with Crippen LogP contribution >= 0.6 is 0 Å². The minimum Gasteiger partial charge on any atom is -0.460 e. The van der Waals surface area contributed by atoms with Gasteiger partial charge in [-0.2, -0.15) is 0 Å². The van der Waals surface area contributed by atoms with Gasteiger partial charge in [-0.05, 0) is 33.3 Å². The topological polar surface area (TPSA) is 35.5 Å². The molecule has 0 bridgehead atoms. The maximum absolute atomic E-state index is 11.3. The molecule has 0 saturated heterocycles. The van der Waals surface area contributed by atoms with Crippen LogP contribution in [-0.2, 0) is 19.9 Å². The number of hydrogen-bond donors (Lipinski definition) is 0. The van der Waals surface area contributed by atoms with Crippen LogP contribution in [0, 0.1) is 0 Å². The van der Waals surface area contributed by atoms with E-state index in [9.17, 15) is 4.79 Å². The summed E-state index contributed by atoms with van der Waals surface area (Å²) in [6.45, 7) is 10.3. The molecule has 112 valence electrons. The number of carbonyl (C=O) groups is 1. The summed E-state index contributed by atoms with van der Waals surface area (Å²) in [4.78, 5) is 11.3. The minimum absolute atomic E-state index is 0.169. The van der Waals surface area contributed by atoms with Crippen LogP contribution in [0.25, 0.3) is 0 Å². The SMILES string of the molecule is CCC(=O)OC(C)(C)CCOC(C)(C)c1ccccc1. The number of esters is 1. The summed E-state index contributed by atoms with van der Waals surface area (Å²) in [6.07, 6.45) is 1.08. The molecule has 1 rings (SSSR count). The molecule has 3 heteroatoms. The second kappa shape index (κ2) is 6.89. The predicted molar refractivity (Wildman–Crippen MR) is 80.5 cm³/mol. The first-order chi connectivity index (χ1) is 9.27. The molecular weight excluding hydrogens is 252 g/mol. The number of hydrogen-bond acceptors (Lipinski definition) is 3. The fourth-order valence-corrected chi connectivity index (χ4v) is 1.91. The Balaban J connectivity index is 2.49.